The molecule has 0 spiro atoms. The fourth-order valence-corrected chi connectivity index (χ4v) is 1.95. The molecule has 0 aliphatic heterocycles. The van der Waals surface area contributed by atoms with E-state index in [1.54, 1.807) is 24.3 Å². The first-order chi connectivity index (χ1) is 7.07. The molecule has 1 heterocycles. The molecule has 0 saturated heterocycles. The predicted octanol–water partition coefficient (Wildman–Crippen LogP) is 3.83. The molecule has 2 aromatic rings. The number of hydrogen-bond donors (Lipinski definition) is 0. The van der Waals surface area contributed by atoms with Gasteiger partial charge in [0.25, 0.3) is 0 Å². The van der Waals surface area contributed by atoms with E-state index in [9.17, 15) is 13.2 Å². The lowest BCUT2D eigenvalue weighted by molar-refractivity contribution is -0.140. The summed E-state index contributed by atoms with van der Waals surface area (Å²) in [5, 5.41) is 1.42. The number of benzene rings is 1. The average Bonchev–Trinajstić information content (AvgIpc) is 2.67. The maximum Gasteiger partial charge on any atom is 0.434 e. The molecule has 0 N–H and O–H groups in total. The molecule has 1 nitrogen and oxygen atoms in total. The Labute approximate surface area is 88.2 Å². The lowest BCUT2D eigenvalue weighted by atomic mass is 10.2. The van der Waals surface area contributed by atoms with Gasteiger partial charge in [-0.25, -0.2) is 4.98 Å². The van der Waals surface area contributed by atoms with Crippen molar-refractivity contribution in [3.63, 3.8) is 0 Å². The molecular weight excluding hydrogens is 223 g/mol. The van der Waals surface area contributed by atoms with Gasteiger partial charge in [0.1, 0.15) is 5.01 Å². The van der Waals surface area contributed by atoms with Gasteiger partial charge in [-0.3, -0.25) is 0 Å². The van der Waals surface area contributed by atoms with Crippen LogP contribution in [0, 0.1) is 0 Å². The Hall–Kier alpha value is -1.36. The van der Waals surface area contributed by atoms with Gasteiger partial charge in [-0.05, 0) is 0 Å². The van der Waals surface area contributed by atoms with E-state index in [2.05, 4.69) is 4.98 Å². The monoisotopic (exact) mass is 229 g/mol. The Morgan fingerprint density at radius 3 is 2.27 bits per heavy atom. The smallest absolute Gasteiger partial charge is 0.232 e. The van der Waals surface area contributed by atoms with Gasteiger partial charge in [0.05, 0.1) is 0 Å². The number of alkyl halides is 3. The van der Waals surface area contributed by atoms with Crippen LogP contribution in [0.5, 0.6) is 0 Å². The Kier molecular flexibility index (Phi) is 2.48. The summed E-state index contributed by atoms with van der Waals surface area (Å²) in [5.41, 5.74) is -0.121. The van der Waals surface area contributed by atoms with E-state index in [0.29, 0.717) is 10.6 Å². The highest BCUT2D eigenvalue weighted by molar-refractivity contribution is 7.13. The number of nitrogens with zero attached hydrogens (tertiary/aromatic N) is 1. The Balaban J connectivity index is 2.37. The lowest BCUT2D eigenvalue weighted by Crippen LogP contribution is -2.04. The maximum atomic E-state index is 12.3. The van der Waals surface area contributed by atoms with E-state index >= 15 is 0 Å². The molecule has 0 unspecified atom stereocenters. The van der Waals surface area contributed by atoms with Crippen LogP contribution >= 0.6 is 11.3 Å². The first-order valence-corrected chi connectivity index (χ1v) is 5.03. The Morgan fingerprint density at radius 1 is 1.07 bits per heavy atom. The lowest BCUT2D eigenvalue weighted by Gasteiger charge is -2.00. The van der Waals surface area contributed by atoms with Crippen LogP contribution in [0.3, 0.4) is 0 Å². The molecule has 0 fully saturated rings. The van der Waals surface area contributed by atoms with E-state index in [4.69, 9.17) is 0 Å². The molecular formula is C10H6F3NS. The number of aromatic nitrogens is 1. The third-order valence-electron chi connectivity index (χ3n) is 1.82. The topological polar surface area (TPSA) is 12.9 Å². The SMILES string of the molecule is FC(F)(F)c1csc(-c2ccccc2)n1. The zero-order valence-corrected chi connectivity index (χ0v) is 8.27. The second-order valence-corrected chi connectivity index (χ2v) is 3.76. The Bertz CT molecular complexity index is 447. The van der Waals surface area contributed by atoms with Crippen LogP contribution in [-0.4, -0.2) is 4.98 Å². The van der Waals surface area contributed by atoms with Crippen LogP contribution in [0.2, 0.25) is 0 Å². The van der Waals surface area contributed by atoms with E-state index in [-0.39, 0.29) is 0 Å². The van der Waals surface area contributed by atoms with Gasteiger partial charge in [-0.1, -0.05) is 30.3 Å². The molecule has 0 amide bonds. The standard InChI is InChI=1S/C10H6F3NS/c11-10(12,13)8-6-15-9(14-8)7-4-2-1-3-5-7/h1-6H. The number of hydrogen-bond acceptors (Lipinski definition) is 2. The summed E-state index contributed by atoms with van der Waals surface area (Å²) in [6.45, 7) is 0. The van der Waals surface area contributed by atoms with Crippen molar-refractivity contribution in [2.24, 2.45) is 0 Å². The van der Waals surface area contributed by atoms with E-state index < -0.39 is 11.9 Å². The van der Waals surface area contributed by atoms with Crippen molar-refractivity contribution in [2.45, 2.75) is 6.18 Å². The van der Waals surface area contributed by atoms with Crippen molar-refractivity contribution in [1.29, 1.82) is 0 Å². The number of thiazole rings is 1. The molecule has 0 radical (unpaired) electrons. The number of halogens is 3. The minimum Gasteiger partial charge on any atom is -0.232 e. The third kappa shape index (κ3) is 2.18. The minimum absolute atomic E-state index is 0.392. The van der Waals surface area contributed by atoms with Crippen molar-refractivity contribution >= 4 is 11.3 Å². The summed E-state index contributed by atoms with van der Waals surface area (Å²) >= 11 is 0.998. The maximum absolute atomic E-state index is 12.3. The van der Waals surface area contributed by atoms with Gasteiger partial charge in [-0.15, -0.1) is 11.3 Å². The molecule has 0 saturated carbocycles. The van der Waals surface area contributed by atoms with Gasteiger partial charge < -0.3 is 0 Å². The van der Waals surface area contributed by atoms with Gasteiger partial charge in [0, 0.05) is 10.9 Å². The van der Waals surface area contributed by atoms with Crippen LogP contribution in [0.1, 0.15) is 5.69 Å². The van der Waals surface area contributed by atoms with Crippen molar-refractivity contribution in [3.05, 3.63) is 41.4 Å². The zero-order valence-electron chi connectivity index (χ0n) is 7.45. The van der Waals surface area contributed by atoms with E-state index in [1.807, 2.05) is 6.07 Å². The fraction of sp³-hybridized carbons (Fsp3) is 0.100. The molecule has 0 bridgehead atoms. The summed E-state index contributed by atoms with van der Waals surface area (Å²) in [4.78, 5) is 3.55. The first-order valence-electron chi connectivity index (χ1n) is 4.15. The second kappa shape index (κ2) is 3.66. The van der Waals surface area contributed by atoms with Crippen molar-refractivity contribution in [3.8, 4) is 10.6 Å². The van der Waals surface area contributed by atoms with Crippen molar-refractivity contribution in [1.82, 2.24) is 4.98 Å². The second-order valence-electron chi connectivity index (χ2n) is 2.90. The van der Waals surface area contributed by atoms with Gasteiger partial charge in [-0.2, -0.15) is 13.2 Å². The van der Waals surface area contributed by atoms with Crippen molar-refractivity contribution in [2.75, 3.05) is 0 Å². The molecule has 15 heavy (non-hydrogen) atoms. The first kappa shape index (κ1) is 10.2. The molecule has 78 valence electrons. The molecule has 0 aliphatic carbocycles. The highest BCUT2D eigenvalue weighted by Gasteiger charge is 2.33. The van der Waals surface area contributed by atoms with Crippen LogP contribution < -0.4 is 0 Å². The van der Waals surface area contributed by atoms with Crippen molar-refractivity contribution < 1.29 is 13.2 Å². The highest BCUT2D eigenvalue weighted by Crippen LogP contribution is 2.33. The number of rotatable bonds is 1. The van der Waals surface area contributed by atoms with Gasteiger partial charge in [0.2, 0.25) is 0 Å². The molecule has 0 aliphatic rings. The zero-order chi connectivity index (χ0) is 10.9. The quantitative estimate of drug-likeness (QED) is 0.724. The minimum atomic E-state index is -4.36. The Morgan fingerprint density at radius 2 is 1.73 bits per heavy atom. The normalized spacial score (nSPS) is 11.7. The van der Waals surface area contributed by atoms with E-state index in [0.717, 1.165) is 16.7 Å². The predicted molar refractivity (Wildman–Crippen MR) is 52.6 cm³/mol. The van der Waals surface area contributed by atoms with Crippen LogP contribution in [0.4, 0.5) is 13.2 Å². The molecule has 2 rings (SSSR count). The summed E-state index contributed by atoms with van der Waals surface area (Å²) < 4.78 is 36.8. The molecule has 1 aromatic heterocycles. The van der Waals surface area contributed by atoms with Crippen LogP contribution in [-0.2, 0) is 6.18 Å². The molecule has 1 aromatic carbocycles. The summed E-state index contributed by atoms with van der Waals surface area (Å²) in [6.07, 6.45) is -4.36. The fourth-order valence-electron chi connectivity index (χ4n) is 1.12. The van der Waals surface area contributed by atoms with Crippen LogP contribution in [0.25, 0.3) is 10.6 Å². The summed E-state index contributed by atoms with van der Waals surface area (Å²) in [7, 11) is 0. The highest BCUT2D eigenvalue weighted by atomic mass is 32.1. The van der Waals surface area contributed by atoms with Gasteiger partial charge >= 0.3 is 6.18 Å². The van der Waals surface area contributed by atoms with Gasteiger partial charge in [0.15, 0.2) is 5.69 Å². The largest absolute Gasteiger partial charge is 0.434 e. The van der Waals surface area contributed by atoms with E-state index in [1.165, 1.54) is 0 Å². The molecule has 5 heteroatoms. The summed E-state index contributed by atoms with van der Waals surface area (Å²) in [5.74, 6) is 0. The average molecular weight is 229 g/mol. The van der Waals surface area contributed by atoms with Crippen LogP contribution in [0.15, 0.2) is 35.7 Å². The molecule has 0 atom stereocenters. The summed E-state index contributed by atoms with van der Waals surface area (Å²) in [6, 6.07) is 8.81. The third-order valence-corrected chi connectivity index (χ3v) is 2.71.